The van der Waals surface area contributed by atoms with Gasteiger partial charge in [0, 0.05) is 13.1 Å². The fraction of sp³-hybridized carbons (Fsp3) is 0.333. The predicted octanol–water partition coefficient (Wildman–Crippen LogP) is 3.14. The monoisotopic (exact) mass is 278 g/mol. The molecule has 1 amide bonds. The van der Waals surface area contributed by atoms with Crippen LogP contribution in [-0.4, -0.2) is 23.9 Å². The lowest BCUT2D eigenvalue weighted by molar-refractivity contribution is -0.132. The molecule has 1 saturated heterocycles. The van der Waals surface area contributed by atoms with Crippen LogP contribution in [0.1, 0.15) is 18.4 Å². The minimum absolute atomic E-state index is 0.0112. The van der Waals surface area contributed by atoms with Gasteiger partial charge >= 0.3 is 0 Å². The Labute approximate surface area is 124 Å². The molecule has 3 nitrogen and oxygen atoms in total. The number of nitrogens with zero attached hydrogens (tertiary/aromatic N) is 2. The van der Waals surface area contributed by atoms with Crippen LogP contribution in [0, 0.1) is 17.2 Å². The third kappa shape index (κ3) is 2.75. The van der Waals surface area contributed by atoms with Gasteiger partial charge in [-0.15, -0.1) is 0 Å². The molecule has 0 radical (unpaired) electrons. The van der Waals surface area contributed by atoms with Gasteiger partial charge in [-0.2, -0.15) is 5.26 Å². The summed E-state index contributed by atoms with van der Waals surface area (Å²) in [5.74, 6) is -0.586. The quantitative estimate of drug-likeness (QED) is 0.865. The highest BCUT2D eigenvalue weighted by Gasteiger charge is 2.26. The molecule has 3 rings (SSSR count). The number of nitriles is 1. The zero-order chi connectivity index (χ0) is 14.7. The Balaban J connectivity index is 1.86. The van der Waals surface area contributed by atoms with Crippen LogP contribution in [0.2, 0.25) is 0 Å². The van der Waals surface area contributed by atoms with E-state index in [9.17, 15) is 10.1 Å². The smallest absolute Gasteiger partial charge is 0.240 e. The van der Waals surface area contributed by atoms with E-state index in [-0.39, 0.29) is 5.91 Å². The topological polar surface area (TPSA) is 44.1 Å². The van der Waals surface area contributed by atoms with Gasteiger partial charge in [0.05, 0.1) is 6.07 Å². The Morgan fingerprint density at radius 3 is 2.62 bits per heavy atom. The van der Waals surface area contributed by atoms with Gasteiger partial charge < -0.3 is 4.90 Å². The SMILES string of the molecule is N#CC(Cc1cccc2ccccc12)C(=O)N1CCCC1. The van der Waals surface area contributed by atoms with Crippen LogP contribution >= 0.6 is 0 Å². The molecule has 21 heavy (non-hydrogen) atoms. The van der Waals surface area contributed by atoms with Crippen molar-refractivity contribution >= 4 is 16.7 Å². The van der Waals surface area contributed by atoms with Crippen LogP contribution < -0.4 is 0 Å². The van der Waals surface area contributed by atoms with Crippen molar-refractivity contribution in [1.29, 1.82) is 5.26 Å². The van der Waals surface area contributed by atoms with Crippen molar-refractivity contribution < 1.29 is 4.79 Å². The van der Waals surface area contributed by atoms with Crippen LogP contribution in [-0.2, 0) is 11.2 Å². The van der Waals surface area contributed by atoms with Crippen molar-refractivity contribution in [2.75, 3.05) is 13.1 Å². The lowest BCUT2D eigenvalue weighted by atomic mass is 9.95. The fourth-order valence-corrected chi connectivity index (χ4v) is 3.04. The van der Waals surface area contributed by atoms with Gasteiger partial charge in [0.2, 0.25) is 5.91 Å². The second kappa shape index (κ2) is 5.97. The van der Waals surface area contributed by atoms with Crippen LogP contribution in [0.3, 0.4) is 0 Å². The van der Waals surface area contributed by atoms with Crippen molar-refractivity contribution in [3.63, 3.8) is 0 Å². The number of hydrogen-bond acceptors (Lipinski definition) is 2. The third-order valence-corrected chi connectivity index (χ3v) is 4.18. The zero-order valence-electron chi connectivity index (χ0n) is 12.0. The average Bonchev–Trinajstić information content (AvgIpc) is 3.06. The summed E-state index contributed by atoms with van der Waals surface area (Å²) in [6.45, 7) is 1.60. The van der Waals surface area contributed by atoms with E-state index in [0.717, 1.165) is 42.3 Å². The molecule has 1 aliphatic heterocycles. The Morgan fingerprint density at radius 1 is 1.14 bits per heavy atom. The first-order valence-corrected chi connectivity index (χ1v) is 7.44. The van der Waals surface area contributed by atoms with Gasteiger partial charge in [-0.25, -0.2) is 0 Å². The highest BCUT2D eigenvalue weighted by Crippen LogP contribution is 2.22. The summed E-state index contributed by atoms with van der Waals surface area (Å²) < 4.78 is 0. The third-order valence-electron chi connectivity index (χ3n) is 4.18. The molecule has 0 saturated carbocycles. The van der Waals surface area contributed by atoms with E-state index in [1.807, 2.05) is 29.2 Å². The normalized spacial score (nSPS) is 15.9. The standard InChI is InChI=1S/C18H18N2O/c19-13-16(18(21)20-10-3-4-11-20)12-15-8-5-7-14-6-1-2-9-17(14)15/h1-2,5-9,16H,3-4,10-12H2. The summed E-state index contributed by atoms with van der Waals surface area (Å²) in [7, 11) is 0. The maximum absolute atomic E-state index is 12.4. The minimum Gasteiger partial charge on any atom is -0.342 e. The molecular formula is C18H18N2O. The van der Waals surface area contributed by atoms with Gasteiger partial charge in [0.1, 0.15) is 5.92 Å². The number of fused-ring (bicyclic) bond motifs is 1. The molecule has 1 heterocycles. The molecule has 0 aromatic heterocycles. The van der Waals surface area contributed by atoms with Crippen molar-refractivity contribution in [2.45, 2.75) is 19.3 Å². The molecule has 0 N–H and O–H groups in total. The molecule has 0 bridgehead atoms. The van der Waals surface area contributed by atoms with E-state index in [4.69, 9.17) is 0 Å². The minimum atomic E-state index is -0.575. The van der Waals surface area contributed by atoms with Gasteiger partial charge in [0.25, 0.3) is 0 Å². The molecule has 1 unspecified atom stereocenters. The van der Waals surface area contributed by atoms with E-state index in [2.05, 4.69) is 24.3 Å². The molecule has 3 heteroatoms. The first-order chi connectivity index (χ1) is 10.3. The van der Waals surface area contributed by atoms with E-state index in [1.165, 1.54) is 0 Å². The summed E-state index contributed by atoms with van der Waals surface area (Å²) in [6.07, 6.45) is 2.60. The van der Waals surface area contributed by atoms with Crippen LogP contribution in [0.25, 0.3) is 10.8 Å². The number of benzene rings is 2. The zero-order valence-corrected chi connectivity index (χ0v) is 12.0. The fourth-order valence-electron chi connectivity index (χ4n) is 3.04. The van der Waals surface area contributed by atoms with Crippen LogP contribution in [0.4, 0.5) is 0 Å². The maximum Gasteiger partial charge on any atom is 0.240 e. The van der Waals surface area contributed by atoms with E-state index in [0.29, 0.717) is 6.42 Å². The maximum atomic E-state index is 12.4. The molecular weight excluding hydrogens is 260 g/mol. The highest BCUT2D eigenvalue weighted by molar-refractivity contribution is 5.87. The Hall–Kier alpha value is -2.34. The highest BCUT2D eigenvalue weighted by atomic mass is 16.2. The second-order valence-corrected chi connectivity index (χ2v) is 5.56. The number of hydrogen-bond donors (Lipinski definition) is 0. The Bertz CT molecular complexity index is 690. The summed E-state index contributed by atoms with van der Waals surface area (Å²) >= 11 is 0. The number of amides is 1. The number of likely N-dealkylation sites (tertiary alicyclic amines) is 1. The molecule has 0 aliphatic carbocycles. The van der Waals surface area contributed by atoms with Crippen LogP contribution in [0.5, 0.6) is 0 Å². The molecule has 0 spiro atoms. The number of carbonyl (C=O) groups excluding carboxylic acids is 1. The molecule has 106 valence electrons. The summed E-state index contributed by atoms with van der Waals surface area (Å²) in [4.78, 5) is 14.3. The van der Waals surface area contributed by atoms with E-state index >= 15 is 0 Å². The largest absolute Gasteiger partial charge is 0.342 e. The average molecular weight is 278 g/mol. The number of rotatable bonds is 3. The van der Waals surface area contributed by atoms with Gasteiger partial charge in [-0.1, -0.05) is 42.5 Å². The summed E-state index contributed by atoms with van der Waals surface area (Å²) in [6, 6.07) is 16.4. The molecule has 1 aliphatic rings. The van der Waals surface area contributed by atoms with Gasteiger partial charge in [0.15, 0.2) is 0 Å². The van der Waals surface area contributed by atoms with Crippen molar-refractivity contribution in [2.24, 2.45) is 5.92 Å². The summed E-state index contributed by atoms with van der Waals surface area (Å²) in [5, 5.41) is 11.7. The Kier molecular flexibility index (Phi) is 3.87. The van der Waals surface area contributed by atoms with Gasteiger partial charge in [-0.05, 0) is 35.6 Å². The van der Waals surface area contributed by atoms with E-state index in [1.54, 1.807) is 0 Å². The first-order valence-electron chi connectivity index (χ1n) is 7.44. The summed E-state index contributed by atoms with van der Waals surface area (Å²) in [5.41, 5.74) is 1.08. The molecule has 2 aromatic rings. The Morgan fingerprint density at radius 2 is 1.86 bits per heavy atom. The lowest BCUT2D eigenvalue weighted by Gasteiger charge is -2.19. The van der Waals surface area contributed by atoms with E-state index < -0.39 is 5.92 Å². The van der Waals surface area contributed by atoms with Crippen molar-refractivity contribution in [1.82, 2.24) is 4.90 Å². The first kappa shape index (κ1) is 13.6. The van der Waals surface area contributed by atoms with Crippen LogP contribution in [0.15, 0.2) is 42.5 Å². The second-order valence-electron chi connectivity index (χ2n) is 5.56. The molecule has 1 atom stereocenters. The van der Waals surface area contributed by atoms with Crippen molar-refractivity contribution in [3.05, 3.63) is 48.0 Å². The predicted molar refractivity (Wildman–Crippen MR) is 82.6 cm³/mol. The van der Waals surface area contributed by atoms with Gasteiger partial charge in [-0.3, -0.25) is 4.79 Å². The number of carbonyl (C=O) groups is 1. The lowest BCUT2D eigenvalue weighted by Crippen LogP contribution is -2.34. The molecule has 2 aromatic carbocycles. The molecule has 1 fully saturated rings. The van der Waals surface area contributed by atoms with Crippen molar-refractivity contribution in [3.8, 4) is 6.07 Å².